The summed E-state index contributed by atoms with van der Waals surface area (Å²) in [6.45, 7) is 2.52. The third-order valence-electron chi connectivity index (χ3n) is 7.23. The molecule has 6 rings (SSSR count). The van der Waals surface area contributed by atoms with Crippen molar-refractivity contribution in [2.24, 2.45) is 0 Å². The molecule has 1 amide bonds. The van der Waals surface area contributed by atoms with Gasteiger partial charge >= 0.3 is 0 Å². The number of rotatable bonds is 3. The third-order valence-corrected chi connectivity index (χ3v) is 7.23. The molecule has 1 spiro atoms. The summed E-state index contributed by atoms with van der Waals surface area (Å²) in [6.07, 6.45) is 1.73. The number of amides is 1. The SMILES string of the molecule is O=C(CNC1c2ccccc2-c2ccccc21)N1CCC2(CC1)OCc1ccccc12. The fourth-order valence-corrected chi connectivity index (χ4v) is 5.59. The van der Waals surface area contributed by atoms with Gasteiger partial charge in [-0.25, -0.2) is 0 Å². The molecular weight excluding hydrogens is 384 g/mol. The highest BCUT2D eigenvalue weighted by Gasteiger charge is 2.43. The number of benzene rings is 3. The summed E-state index contributed by atoms with van der Waals surface area (Å²) in [7, 11) is 0. The van der Waals surface area contributed by atoms with Crippen molar-refractivity contribution in [2.45, 2.75) is 31.1 Å². The predicted molar refractivity (Wildman–Crippen MR) is 120 cm³/mol. The van der Waals surface area contributed by atoms with Crippen molar-refractivity contribution < 1.29 is 9.53 Å². The van der Waals surface area contributed by atoms with E-state index in [0.717, 1.165) is 25.9 Å². The van der Waals surface area contributed by atoms with E-state index in [2.05, 4.69) is 78.1 Å². The molecule has 3 aromatic carbocycles. The minimum Gasteiger partial charge on any atom is -0.365 e. The molecule has 1 N–H and O–H groups in total. The summed E-state index contributed by atoms with van der Waals surface area (Å²) in [5.74, 6) is 0.169. The second-order valence-corrected chi connectivity index (χ2v) is 8.81. The number of nitrogens with zero attached hydrogens (tertiary/aromatic N) is 1. The van der Waals surface area contributed by atoms with Gasteiger partial charge in [0.2, 0.25) is 5.91 Å². The summed E-state index contributed by atoms with van der Waals surface area (Å²) in [4.78, 5) is 15.0. The first-order valence-electron chi connectivity index (χ1n) is 11.2. The number of carbonyl (C=O) groups excluding carboxylic acids is 1. The third kappa shape index (κ3) is 3.01. The lowest BCUT2D eigenvalue weighted by molar-refractivity contribution is -0.137. The highest BCUT2D eigenvalue weighted by Crippen LogP contribution is 2.44. The van der Waals surface area contributed by atoms with Crippen molar-refractivity contribution in [2.75, 3.05) is 19.6 Å². The molecule has 31 heavy (non-hydrogen) atoms. The van der Waals surface area contributed by atoms with Crippen LogP contribution in [0.5, 0.6) is 0 Å². The molecule has 3 aliphatic rings. The Balaban J connectivity index is 1.13. The van der Waals surface area contributed by atoms with E-state index < -0.39 is 0 Å². The van der Waals surface area contributed by atoms with Gasteiger partial charge in [-0.05, 0) is 46.2 Å². The van der Waals surface area contributed by atoms with Gasteiger partial charge in [-0.15, -0.1) is 0 Å². The molecule has 3 aromatic rings. The first kappa shape index (κ1) is 18.8. The van der Waals surface area contributed by atoms with Crippen LogP contribution in [0.1, 0.15) is 41.1 Å². The van der Waals surface area contributed by atoms with Crippen LogP contribution >= 0.6 is 0 Å². The van der Waals surface area contributed by atoms with E-state index in [-0.39, 0.29) is 17.6 Å². The quantitative estimate of drug-likeness (QED) is 0.696. The van der Waals surface area contributed by atoms with Crippen LogP contribution in [-0.2, 0) is 21.7 Å². The first-order chi connectivity index (χ1) is 15.3. The highest BCUT2D eigenvalue weighted by atomic mass is 16.5. The van der Waals surface area contributed by atoms with Gasteiger partial charge in [-0.3, -0.25) is 10.1 Å². The van der Waals surface area contributed by atoms with E-state index in [1.165, 1.54) is 33.4 Å². The molecule has 2 heterocycles. The number of ether oxygens (including phenoxy) is 1. The zero-order valence-electron chi connectivity index (χ0n) is 17.5. The molecule has 0 aromatic heterocycles. The monoisotopic (exact) mass is 410 g/mol. The first-order valence-corrected chi connectivity index (χ1v) is 11.2. The molecule has 156 valence electrons. The van der Waals surface area contributed by atoms with Gasteiger partial charge in [0, 0.05) is 13.1 Å². The Kier molecular flexibility index (Phi) is 4.44. The fraction of sp³-hybridized carbons (Fsp3) is 0.296. The Hall–Kier alpha value is -2.95. The number of piperidine rings is 1. The second kappa shape index (κ2) is 7.33. The van der Waals surface area contributed by atoms with Gasteiger partial charge in [-0.2, -0.15) is 0 Å². The molecule has 0 saturated carbocycles. The number of hydrogen-bond donors (Lipinski definition) is 1. The fourth-order valence-electron chi connectivity index (χ4n) is 5.59. The molecule has 1 fully saturated rings. The van der Waals surface area contributed by atoms with Crippen molar-refractivity contribution in [1.82, 2.24) is 10.2 Å². The van der Waals surface area contributed by atoms with E-state index in [4.69, 9.17) is 4.74 Å². The standard InChI is InChI=1S/C27H26N2O2/c30-25(29-15-13-27(14-16-29)24-12-6-1-7-19(24)18-31-27)17-28-26-22-10-4-2-8-20(22)21-9-3-5-11-23(21)26/h1-12,26,28H,13-18H2. The maximum absolute atomic E-state index is 13.1. The number of likely N-dealkylation sites (tertiary alicyclic amines) is 1. The van der Waals surface area contributed by atoms with E-state index in [9.17, 15) is 4.79 Å². The Labute approximate surface area is 182 Å². The molecule has 0 atom stereocenters. The van der Waals surface area contributed by atoms with Gasteiger partial charge in [0.15, 0.2) is 0 Å². The van der Waals surface area contributed by atoms with Crippen molar-refractivity contribution in [1.29, 1.82) is 0 Å². The van der Waals surface area contributed by atoms with Crippen molar-refractivity contribution in [3.63, 3.8) is 0 Å². The minimum absolute atomic E-state index is 0.0672. The smallest absolute Gasteiger partial charge is 0.236 e. The van der Waals surface area contributed by atoms with Crippen LogP contribution in [0.2, 0.25) is 0 Å². The van der Waals surface area contributed by atoms with Crippen molar-refractivity contribution >= 4 is 5.91 Å². The second-order valence-electron chi connectivity index (χ2n) is 8.81. The van der Waals surface area contributed by atoms with Crippen LogP contribution in [0.3, 0.4) is 0 Å². The average Bonchev–Trinajstić information content (AvgIpc) is 3.34. The van der Waals surface area contributed by atoms with E-state index in [1.807, 2.05) is 4.90 Å². The van der Waals surface area contributed by atoms with E-state index in [0.29, 0.717) is 13.2 Å². The zero-order chi connectivity index (χ0) is 20.8. The molecule has 4 nitrogen and oxygen atoms in total. The molecule has 0 bridgehead atoms. The maximum Gasteiger partial charge on any atom is 0.236 e. The number of fused-ring (bicyclic) bond motifs is 5. The van der Waals surface area contributed by atoms with Crippen molar-refractivity contribution in [3.8, 4) is 11.1 Å². The molecule has 4 heteroatoms. The molecular formula is C27H26N2O2. The normalized spacial score (nSPS) is 18.6. The van der Waals surface area contributed by atoms with Gasteiger partial charge < -0.3 is 9.64 Å². The summed E-state index contributed by atoms with van der Waals surface area (Å²) in [5.41, 5.74) is 7.45. The Bertz CT molecular complexity index is 1100. The lowest BCUT2D eigenvalue weighted by atomic mass is 9.84. The van der Waals surface area contributed by atoms with Crippen LogP contribution in [0.4, 0.5) is 0 Å². The van der Waals surface area contributed by atoms with E-state index >= 15 is 0 Å². The number of nitrogens with one attached hydrogen (secondary N) is 1. The van der Waals surface area contributed by atoms with Crippen molar-refractivity contribution in [3.05, 3.63) is 95.1 Å². The van der Waals surface area contributed by atoms with Crippen LogP contribution in [-0.4, -0.2) is 30.4 Å². The summed E-state index contributed by atoms with van der Waals surface area (Å²) < 4.78 is 6.25. The Morgan fingerprint density at radius 3 is 2.23 bits per heavy atom. The van der Waals surface area contributed by atoms with Crippen LogP contribution in [0, 0.1) is 0 Å². The van der Waals surface area contributed by atoms with Crippen LogP contribution < -0.4 is 5.32 Å². The number of carbonyl (C=O) groups is 1. The summed E-state index contributed by atoms with van der Waals surface area (Å²) in [6, 6.07) is 25.5. The molecule has 2 aliphatic heterocycles. The van der Waals surface area contributed by atoms with Gasteiger partial charge in [0.25, 0.3) is 0 Å². The molecule has 0 radical (unpaired) electrons. The Morgan fingerprint density at radius 1 is 0.903 bits per heavy atom. The van der Waals surface area contributed by atoms with Gasteiger partial charge in [0.05, 0.1) is 24.8 Å². The lowest BCUT2D eigenvalue weighted by Gasteiger charge is -2.39. The van der Waals surface area contributed by atoms with Gasteiger partial charge in [0.1, 0.15) is 0 Å². The average molecular weight is 411 g/mol. The summed E-state index contributed by atoms with van der Waals surface area (Å²) >= 11 is 0. The predicted octanol–water partition coefficient (Wildman–Crippen LogP) is 4.39. The summed E-state index contributed by atoms with van der Waals surface area (Å²) in [5, 5.41) is 3.55. The minimum atomic E-state index is -0.204. The van der Waals surface area contributed by atoms with Gasteiger partial charge in [-0.1, -0.05) is 72.8 Å². The maximum atomic E-state index is 13.1. The highest BCUT2D eigenvalue weighted by molar-refractivity contribution is 5.81. The van der Waals surface area contributed by atoms with Crippen LogP contribution in [0.15, 0.2) is 72.8 Å². The Morgan fingerprint density at radius 2 is 1.52 bits per heavy atom. The molecule has 1 aliphatic carbocycles. The molecule has 1 saturated heterocycles. The molecule has 0 unspecified atom stereocenters. The lowest BCUT2D eigenvalue weighted by Crippen LogP contribution is -2.47. The van der Waals surface area contributed by atoms with E-state index in [1.54, 1.807) is 0 Å². The zero-order valence-corrected chi connectivity index (χ0v) is 17.5. The van der Waals surface area contributed by atoms with Crippen LogP contribution in [0.25, 0.3) is 11.1 Å². The largest absolute Gasteiger partial charge is 0.365 e. The topological polar surface area (TPSA) is 41.6 Å². The number of hydrogen-bond acceptors (Lipinski definition) is 3.